The Balaban J connectivity index is 1.83. The first-order valence-electron chi connectivity index (χ1n) is 11.1. The second kappa shape index (κ2) is 10.8. The Morgan fingerprint density at radius 2 is 1.69 bits per heavy atom. The average Bonchev–Trinajstić information content (AvgIpc) is 3.33. The first-order valence-corrected chi connectivity index (χ1v) is 14.4. The Hall–Kier alpha value is -2.83. The van der Waals surface area contributed by atoms with Crippen molar-refractivity contribution in [2.75, 3.05) is 42.6 Å². The van der Waals surface area contributed by atoms with Gasteiger partial charge in [-0.3, -0.25) is 9.10 Å². The predicted molar refractivity (Wildman–Crippen MR) is 134 cm³/mol. The molecule has 0 radical (unpaired) electrons. The molecule has 10 nitrogen and oxygen atoms in total. The van der Waals surface area contributed by atoms with E-state index in [1.165, 1.54) is 29.6 Å². The quantitative estimate of drug-likeness (QED) is 0.506. The van der Waals surface area contributed by atoms with Gasteiger partial charge < -0.3 is 14.8 Å². The predicted octanol–water partition coefficient (Wildman–Crippen LogP) is 2.67. The van der Waals surface area contributed by atoms with Crippen LogP contribution in [0.3, 0.4) is 0 Å². The van der Waals surface area contributed by atoms with Crippen molar-refractivity contribution in [2.24, 2.45) is 0 Å². The van der Waals surface area contributed by atoms with Gasteiger partial charge in [0.1, 0.15) is 18.0 Å². The molecule has 1 saturated heterocycles. The third-order valence-corrected chi connectivity index (χ3v) is 8.37. The molecule has 0 aromatic heterocycles. The van der Waals surface area contributed by atoms with Gasteiger partial charge in [0.25, 0.3) is 0 Å². The largest absolute Gasteiger partial charge is 0.495 e. The zero-order chi connectivity index (χ0) is 25.8. The van der Waals surface area contributed by atoms with E-state index in [-0.39, 0.29) is 28.1 Å². The van der Waals surface area contributed by atoms with Crippen molar-refractivity contribution in [1.82, 2.24) is 4.31 Å². The van der Waals surface area contributed by atoms with Crippen molar-refractivity contribution in [2.45, 2.75) is 37.7 Å². The van der Waals surface area contributed by atoms with E-state index in [0.29, 0.717) is 18.8 Å². The van der Waals surface area contributed by atoms with E-state index in [1.54, 1.807) is 24.3 Å². The fraction of sp³-hybridized carbons (Fsp3) is 0.435. The van der Waals surface area contributed by atoms with Crippen LogP contribution in [-0.2, 0) is 24.8 Å². The molecule has 2 aromatic carbocycles. The van der Waals surface area contributed by atoms with Crippen molar-refractivity contribution in [3.8, 4) is 11.5 Å². The molecule has 1 N–H and O–H groups in total. The summed E-state index contributed by atoms with van der Waals surface area (Å²) in [4.78, 5) is 12.9. The third kappa shape index (κ3) is 6.65. The monoisotopic (exact) mass is 525 g/mol. The summed E-state index contributed by atoms with van der Waals surface area (Å²) < 4.78 is 64.0. The van der Waals surface area contributed by atoms with Crippen molar-refractivity contribution < 1.29 is 31.1 Å². The number of sulfonamides is 2. The lowest BCUT2D eigenvalue weighted by molar-refractivity contribution is -0.114. The maximum absolute atomic E-state index is 12.9. The van der Waals surface area contributed by atoms with Gasteiger partial charge in [-0.1, -0.05) is 0 Å². The molecule has 1 heterocycles. The average molecular weight is 526 g/mol. The fourth-order valence-corrected chi connectivity index (χ4v) is 6.11. The summed E-state index contributed by atoms with van der Waals surface area (Å²) in [6, 6.07) is 10.6. The minimum atomic E-state index is -3.80. The lowest BCUT2D eigenvalue weighted by Crippen LogP contribution is -2.37. The number of nitrogens with zero attached hydrogens (tertiary/aromatic N) is 2. The first kappa shape index (κ1) is 26.8. The van der Waals surface area contributed by atoms with Gasteiger partial charge in [0.2, 0.25) is 26.0 Å². The summed E-state index contributed by atoms with van der Waals surface area (Å²) in [7, 11) is -6.13. The second-order valence-electron chi connectivity index (χ2n) is 8.45. The van der Waals surface area contributed by atoms with Crippen LogP contribution in [0, 0.1) is 0 Å². The number of carbonyl (C=O) groups excluding carboxylic acids is 1. The number of carbonyl (C=O) groups is 1. The van der Waals surface area contributed by atoms with Crippen LogP contribution in [0.15, 0.2) is 47.4 Å². The molecule has 1 aliphatic heterocycles. The van der Waals surface area contributed by atoms with Crippen LogP contribution in [0.1, 0.15) is 26.7 Å². The zero-order valence-electron chi connectivity index (χ0n) is 20.2. The molecule has 0 atom stereocenters. The highest BCUT2D eigenvalue weighted by Crippen LogP contribution is 2.30. The number of ether oxygens (including phenoxy) is 2. The van der Waals surface area contributed by atoms with Gasteiger partial charge in [-0.15, -0.1) is 0 Å². The number of anilines is 2. The van der Waals surface area contributed by atoms with Crippen LogP contribution in [-0.4, -0.2) is 66.2 Å². The topological polar surface area (TPSA) is 122 Å². The first-order chi connectivity index (χ1) is 16.4. The highest BCUT2D eigenvalue weighted by atomic mass is 32.2. The minimum Gasteiger partial charge on any atom is -0.495 e. The van der Waals surface area contributed by atoms with E-state index in [0.717, 1.165) is 23.4 Å². The summed E-state index contributed by atoms with van der Waals surface area (Å²) in [5, 5.41) is 2.60. The molecule has 0 spiro atoms. The highest BCUT2D eigenvalue weighted by Gasteiger charge is 2.28. The summed E-state index contributed by atoms with van der Waals surface area (Å²) in [6.07, 6.45) is 2.55. The maximum atomic E-state index is 12.9. The maximum Gasteiger partial charge on any atom is 0.245 e. The Labute approximate surface area is 206 Å². The van der Waals surface area contributed by atoms with E-state index < -0.39 is 32.5 Å². The standard InChI is InChI=1S/C23H31N3O7S2/c1-17(2)33-19-9-7-18(8-10-19)26(34(4,28)29)16-23(27)24-21-15-20(11-12-22(21)32-3)35(30,31)25-13-5-6-14-25/h7-12,15,17H,5-6,13-14,16H2,1-4H3,(H,24,27). The van der Waals surface area contributed by atoms with E-state index >= 15 is 0 Å². The lowest BCUT2D eigenvalue weighted by atomic mass is 10.2. The number of amides is 1. The molecule has 1 aliphatic rings. The van der Waals surface area contributed by atoms with Crippen molar-refractivity contribution in [3.05, 3.63) is 42.5 Å². The SMILES string of the molecule is COc1ccc(S(=O)(=O)N2CCCC2)cc1NC(=O)CN(c1ccc(OC(C)C)cc1)S(C)(=O)=O. The molecule has 12 heteroatoms. The molecule has 0 unspecified atom stereocenters. The Morgan fingerprint density at radius 1 is 1.06 bits per heavy atom. The van der Waals surface area contributed by atoms with Crippen LogP contribution in [0.2, 0.25) is 0 Å². The van der Waals surface area contributed by atoms with Gasteiger partial charge in [-0.25, -0.2) is 16.8 Å². The molecule has 0 saturated carbocycles. The second-order valence-corrected chi connectivity index (χ2v) is 12.3. The van der Waals surface area contributed by atoms with Gasteiger partial charge in [0, 0.05) is 13.1 Å². The Bertz CT molecular complexity index is 1250. The van der Waals surface area contributed by atoms with E-state index in [2.05, 4.69) is 5.32 Å². The molecular weight excluding hydrogens is 494 g/mol. The molecular formula is C23H31N3O7S2. The van der Waals surface area contributed by atoms with Crippen LogP contribution < -0.4 is 19.1 Å². The number of benzene rings is 2. The molecule has 1 amide bonds. The number of hydrogen-bond donors (Lipinski definition) is 1. The Morgan fingerprint density at radius 3 is 2.23 bits per heavy atom. The molecule has 1 fully saturated rings. The van der Waals surface area contributed by atoms with Crippen LogP contribution in [0.4, 0.5) is 11.4 Å². The summed E-state index contributed by atoms with van der Waals surface area (Å²) in [5.74, 6) is 0.161. The number of hydrogen-bond acceptors (Lipinski definition) is 7. The minimum absolute atomic E-state index is 0.0243. The van der Waals surface area contributed by atoms with Crippen LogP contribution in [0.5, 0.6) is 11.5 Å². The van der Waals surface area contributed by atoms with Crippen molar-refractivity contribution in [3.63, 3.8) is 0 Å². The number of methoxy groups -OCH3 is 1. The summed E-state index contributed by atoms with van der Waals surface area (Å²) >= 11 is 0. The highest BCUT2D eigenvalue weighted by molar-refractivity contribution is 7.92. The zero-order valence-corrected chi connectivity index (χ0v) is 21.9. The molecule has 0 bridgehead atoms. The van der Waals surface area contributed by atoms with Crippen molar-refractivity contribution >= 4 is 37.3 Å². The van der Waals surface area contributed by atoms with E-state index in [9.17, 15) is 21.6 Å². The fourth-order valence-electron chi connectivity index (χ4n) is 3.71. The van der Waals surface area contributed by atoms with Crippen molar-refractivity contribution in [1.29, 1.82) is 0 Å². The smallest absolute Gasteiger partial charge is 0.245 e. The Kier molecular flexibility index (Phi) is 8.29. The number of nitrogens with one attached hydrogen (secondary N) is 1. The van der Waals surface area contributed by atoms with Crippen LogP contribution in [0.25, 0.3) is 0 Å². The molecule has 35 heavy (non-hydrogen) atoms. The summed E-state index contributed by atoms with van der Waals surface area (Å²) in [5.41, 5.74) is 0.419. The number of rotatable bonds is 10. The molecule has 2 aromatic rings. The van der Waals surface area contributed by atoms with E-state index in [1.807, 2.05) is 13.8 Å². The third-order valence-electron chi connectivity index (χ3n) is 5.33. The van der Waals surface area contributed by atoms with Gasteiger partial charge in [0.15, 0.2) is 0 Å². The molecule has 192 valence electrons. The molecule has 0 aliphatic carbocycles. The van der Waals surface area contributed by atoms with Crippen LogP contribution >= 0.6 is 0 Å². The van der Waals surface area contributed by atoms with Gasteiger partial charge in [-0.05, 0) is 69.2 Å². The van der Waals surface area contributed by atoms with Gasteiger partial charge in [-0.2, -0.15) is 4.31 Å². The summed E-state index contributed by atoms with van der Waals surface area (Å²) in [6.45, 7) is 4.12. The van der Waals surface area contributed by atoms with E-state index in [4.69, 9.17) is 9.47 Å². The normalized spacial score (nSPS) is 14.7. The van der Waals surface area contributed by atoms with Gasteiger partial charge in [0.05, 0.1) is 35.7 Å². The molecule has 3 rings (SSSR count). The van der Waals surface area contributed by atoms with Gasteiger partial charge >= 0.3 is 0 Å². The lowest BCUT2D eigenvalue weighted by Gasteiger charge is -2.23.